The minimum atomic E-state index is 0.619. The van der Waals surface area contributed by atoms with Crippen molar-refractivity contribution in [3.05, 3.63) is 35.4 Å². The Balaban J connectivity index is 1.58. The van der Waals surface area contributed by atoms with Crippen LogP contribution < -0.4 is 5.32 Å². The Morgan fingerprint density at radius 1 is 0.895 bits per heavy atom. The summed E-state index contributed by atoms with van der Waals surface area (Å²) in [7, 11) is 0. The van der Waals surface area contributed by atoms with Crippen molar-refractivity contribution in [2.75, 3.05) is 6.54 Å². The number of fused-ring (bicyclic) bond motifs is 1. The molecule has 2 aliphatic carbocycles. The Hall–Kier alpha value is -0.820. The lowest BCUT2D eigenvalue weighted by Crippen LogP contribution is -2.29. The molecule has 1 saturated carbocycles. The van der Waals surface area contributed by atoms with Crippen LogP contribution in [0.2, 0.25) is 0 Å². The number of rotatable bonds is 3. The zero-order valence-corrected chi connectivity index (χ0v) is 12.0. The lowest BCUT2D eigenvalue weighted by molar-refractivity contribution is 0.373. The maximum absolute atomic E-state index is 3.88. The van der Waals surface area contributed by atoms with E-state index in [1.807, 2.05) is 0 Å². The fourth-order valence-corrected chi connectivity index (χ4v) is 3.84. The van der Waals surface area contributed by atoms with E-state index in [1.54, 1.807) is 11.1 Å². The van der Waals surface area contributed by atoms with Gasteiger partial charge in [-0.3, -0.25) is 0 Å². The first kappa shape index (κ1) is 13.2. The standard InChI is InChI=1S/C18H27N/c1-2-4-9-15(8-3-1)14-19-18-13-7-11-16-10-5-6-12-17(16)18/h5-6,10,12,15,18-19H,1-4,7-9,11,13-14H2. The van der Waals surface area contributed by atoms with Crippen LogP contribution in [-0.4, -0.2) is 6.54 Å². The molecule has 104 valence electrons. The molecule has 0 aliphatic heterocycles. The summed E-state index contributed by atoms with van der Waals surface area (Å²) in [4.78, 5) is 0. The van der Waals surface area contributed by atoms with Gasteiger partial charge in [-0.05, 0) is 55.7 Å². The summed E-state index contributed by atoms with van der Waals surface area (Å²) in [6.45, 7) is 1.24. The van der Waals surface area contributed by atoms with Gasteiger partial charge in [0.15, 0.2) is 0 Å². The second kappa shape index (κ2) is 6.56. The summed E-state index contributed by atoms with van der Waals surface area (Å²) in [5, 5.41) is 3.88. The number of benzene rings is 1. The number of nitrogens with one attached hydrogen (secondary N) is 1. The van der Waals surface area contributed by atoms with E-state index in [-0.39, 0.29) is 0 Å². The van der Waals surface area contributed by atoms with E-state index in [9.17, 15) is 0 Å². The molecule has 1 aromatic carbocycles. The highest BCUT2D eigenvalue weighted by Gasteiger charge is 2.20. The topological polar surface area (TPSA) is 12.0 Å². The Morgan fingerprint density at radius 2 is 1.68 bits per heavy atom. The van der Waals surface area contributed by atoms with E-state index in [0.29, 0.717) is 6.04 Å². The molecule has 1 atom stereocenters. The van der Waals surface area contributed by atoms with E-state index in [0.717, 1.165) is 5.92 Å². The molecule has 1 fully saturated rings. The Labute approximate surface area is 117 Å². The van der Waals surface area contributed by atoms with Crippen molar-refractivity contribution in [2.45, 2.75) is 63.8 Å². The summed E-state index contributed by atoms with van der Waals surface area (Å²) >= 11 is 0. The van der Waals surface area contributed by atoms with Gasteiger partial charge in [0.05, 0.1) is 0 Å². The van der Waals surface area contributed by atoms with Gasteiger partial charge >= 0.3 is 0 Å². The van der Waals surface area contributed by atoms with Crippen LogP contribution in [0.1, 0.15) is 68.5 Å². The molecule has 3 rings (SSSR count). The van der Waals surface area contributed by atoms with Crippen LogP contribution in [0.15, 0.2) is 24.3 Å². The average molecular weight is 257 g/mol. The van der Waals surface area contributed by atoms with E-state index in [2.05, 4.69) is 29.6 Å². The lowest BCUT2D eigenvalue weighted by Gasteiger charge is -2.28. The molecule has 1 heteroatoms. The monoisotopic (exact) mass is 257 g/mol. The highest BCUT2D eigenvalue weighted by molar-refractivity contribution is 5.32. The van der Waals surface area contributed by atoms with Crippen molar-refractivity contribution in [1.82, 2.24) is 5.32 Å². The first-order valence-corrected chi connectivity index (χ1v) is 8.24. The van der Waals surface area contributed by atoms with Crippen LogP contribution >= 0.6 is 0 Å². The highest BCUT2D eigenvalue weighted by Crippen LogP contribution is 2.30. The van der Waals surface area contributed by atoms with E-state index >= 15 is 0 Å². The molecule has 0 amide bonds. The second-order valence-electron chi connectivity index (χ2n) is 6.41. The molecule has 1 unspecified atom stereocenters. The van der Waals surface area contributed by atoms with Gasteiger partial charge < -0.3 is 5.32 Å². The Bertz CT molecular complexity index is 390. The van der Waals surface area contributed by atoms with Crippen molar-refractivity contribution >= 4 is 0 Å². The van der Waals surface area contributed by atoms with Gasteiger partial charge in [-0.25, -0.2) is 0 Å². The number of hydrogen-bond donors (Lipinski definition) is 1. The molecule has 1 N–H and O–H groups in total. The molecule has 0 bridgehead atoms. The van der Waals surface area contributed by atoms with E-state index < -0.39 is 0 Å². The third-order valence-electron chi connectivity index (χ3n) is 5.00. The molecule has 2 aliphatic rings. The average Bonchev–Trinajstić information content (AvgIpc) is 2.74. The Kier molecular flexibility index (Phi) is 4.55. The summed E-state index contributed by atoms with van der Waals surface area (Å²) in [5.41, 5.74) is 3.15. The maximum Gasteiger partial charge on any atom is 0.0323 e. The van der Waals surface area contributed by atoms with Crippen molar-refractivity contribution in [1.29, 1.82) is 0 Å². The van der Waals surface area contributed by atoms with Gasteiger partial charge in [-0.15, -0.1) is 0 Å². The minimum Gasteiger partial charge on any atom is -0.310 e. The molecular weight excluding hydrogens is 230 g/mol. The van der Waals surface area contributed by atoms with Crippen molar-refractivity contribution in [3.63, 3.8) is 0 Å². The second-order valence-corrected chi connectivity index (χ2v) is 6.41. The predicted octanol–water partition coefficient (Wildman–Crippen LogP) is 4.62. The smallest absolute Gasteiger partial charge is 0.0323 e. The van der Waals surface area contributed by atoms with Crippen LogP contribution in [-0.2, 0) is 6.42 Å². The molecule has 1 nitrogen and oxygen atoms in total. The largest absolute Gasteiger partial charge is 0.310 e. The van der Waals surface area contributed by atoms with Gasteiger partial charge in [0, 0.05) is 6.04 Å². The third kappa shape index (κ3) is 3.39. The lowest BCUT2D eigenvalue weighted by atomic mass is 9.87. The third-order valence-corrected chi connectivity index (χ3v) is 5.00. The van der Waals surface area contributed by atoms with Crippen molar-refractivity contribution in [3.8, 4) is 0 Å². The zero-order chi connectivity index (χ0) is 12.9. The van der Waals surface area contributed by atoms with Gasteiger partial charge in [0.1, 0.15) is 0 Å². The van der Waals surface area contributed by atoms with Crippen LogP contribution in [0.25, 0.3) is 0 Å². The minimum absolute atomic E-state index is 0.619. The molecule has 0 spiro atoms. The molecule has 19 heavy (non-hydrogen) atoms. The van der Waals surface area contributed by atoms with Crippen LogP contribution in [0.5, 0.6) is 0 Å². The van der Waals surface area contributed by atoms with E-state index in [4.69, 9.17) is 0 Å². The van der Waals surface area contributed by atoms with Gasteiger partial charge in [0.2, 0.25) is 0 Å². The molecule has 0 aromatic heterocycles. The van der Waals surface area contributed by atoms with Gasteiger partial charge in [0.25, 0.3) is 0 Å². The quantitative estimate of drug-likeness (QED) is 0.779. The van der Waals surface area contributed by atoms with Crippen molar-refractivity contribution in [2.24, 2.45) is 5.92 Å². The van der Waals surface area contributed by atoms with Crippen LogP contribution in [0, 0.1) is 5.92 Å². The van der Waals surface area contributed by atoms with E-state index in [1.165, 1.54) is 64.3 Å². The van der Waals surface area contributed by atoms with Crippen LogP contribution in [0.3, 0.4) is 0 Å². The highest BCUT2D eigenvalue weighted by atomic mass is 14.9. The van der Waals surface area contributed by atoms with Gasteiger partial charge in [-0.1, -0.05) is 49.9 Å². The summed E-state index contributed by atoms with van der Waals surface area (Å²) < 4.78 is 0. The molecule has 0 radical (unpaired) electrons. The summed E-state index contributed by atoms with van der Waals surface area (Å²) in [6.07, 6.45) is 12.7. The zero-order valence-electron chi connectivity index (χ0n) is 12.0. The number of hydrogen-bond acceptors (Lipinski definition) is 1. The molecule has 0 saturated heterocycles. The maximum atomic E-state index is 3.88. The fourth-order valence-electron chi connectivity index (χ4n) is 3.84. The summed E-state index contributed by atoms with van der Waals surface area (Å²) in [6, 6.07) is 9.65. The SMILES string of the molecule is c1ccc2c(c1)CCCC2NCC1CCCCCC1. The predicted molar refractivity (Wildman–Crippen MR) is 81.3 cm³/mol. The van der Waals surface area contributed by atoms with Crippen LogP contribution in [0.4, 0.5) is 0 Å². The molecule has 1 aromatic rings. The summed E-state index contributed by atoms with van der Waals surface area (Å²) in [5.74, 6) is 0.927. The first-order chi connectivity index (χ1) is 9.43. The molecule has 0 heterocycles. The normalized spacial score (nSPS) is 24.7. The first-order valence-electron chi connectivity index (χ1n) is 8.24. The Morgan fingerprint density at radius 3 is 2.53 bits per heavy atom. The van der Waals surface area contributed by atoms with Gasteiger partial charge in [-0.2, -0.15) is 0 Å². The fraction of sp³-hybridized carbons (Fsp3) is 0.667. The van der Waals surface area contributed by atoms with Crippen molar-refractivity contribution < 1.29 is 0 Å². The number of aryl methyl sites for hydroxylation is 1. The molecular formula is C18H27N.